The average molecular weight is 241 g/mol. The van der Waals surface area contributed by atoms with Crippen molar-refractivity contribution in [3.63, 3.8) is 0 Å². The summed E-state index contributed by atoms with van der Waals surface area (Å²) in [5, 5.41) is 2.14. The van der Waals surface area contributed by atoms with E-state index in [1.807, 2.05) is 0 Å². The van der Waals surface area contributed by atoms with Crippen LogP contribution >= 0.6 is 0 Å². The van der Waals surface area contributed by atoms with Gasteiger partial charge in [-0.1, -0.05) is 0 Å². The summed E-state index contributed by atoms with van der Waals surface area (Å²) in [7, 11) is 0. The highest BCUT2D eigenvalue weighted by molar-refractivity contribution is 6.03. The van der Waals surface area contributed by atoms with Crippen LogP contribution in [0.3, 0.4) is 0 Å². The van der Waals surface area contributed by atoms with Crippen LogP contribution in [0.5, 0.6) is 0 Å². The Hall–Kier alpha value is -1.47. The fourth-order valence-corrected chi connectivity index (χ4v) is 2.06. The summed E-state index contributed by atoms with van der Waals surface area (Å²) >= 11 is 0. The third-order valence-corrected chi connectivity index (χ3v) is 2.91. The van der Waals surface area contributed by atoms with Gasteiger partial charge in [-0.2, -0.15) is 0 Å². The summed E-state index contributed by atoms with van der Waals surface area (Å²) < 4.78 is 5.44. The zero-order valence-electron chi connectivity index (χ0n) is 9.35. The second-order valence-corrected chi connectivity index (χ2v) is 4.23. The molecule has 0 bridgehead atoms. The molecule has 7 nitrogen and oxygen atoms in total. The molecule has 7 heteroatoms. The van der Waals surface area contributed by atoms with Crippen molar-refractivity contribution < 1.29 is 19.1 Å². The van der Waals surface area contributed by atoms with Gasteiger partial charge in [-0.25, -0.2) is 0 Å². The molecule has 0 aromatic rings. The number of amides is 3. The number of hydrogen-bond donors (Lipinski definition) is 2. The maximum atomic E-state index is 12.0. The number of ether oxygens (including phenoxy) is 1. The van der Waals surface area contributed by atoms with Crippen LogP contribution in [-0.4, -0.2) is 54.5 Å². The number of nitrogens with two attached hydrogens (primary N) is 1. The van der Waals surface area contributed by atoms with Crippen LogP contribution in [0.25, 0.3) is 0 Å². The first-order chi connectivity index (χ1) is 8.10. The molecule has 94 valence electrons. The topological polar surface area (TPSA) is 102 Å². The van der Waals surface area contributed by atoms with E-state index in [1.54, 1.807) is 0 Å². The second-order valence-electron chi connectivity index (χ2n) is 4.23. The highest BCUT2D eigenvalue weighted by Gasteiger charge is 2.35. The Morgan fingerprint density at radius 1 is 1.35 bits per heavy atom. The standard InChI is InChI=1S/C10H15N3O4/c11-3-6-1-2-7(17-6)10(16)13-4-8(14)12-9(15)5-13/h6-7H,1-5,11H2,(H,12,14,15). The summed E-state index contributed by atoms with van der Waals surface area (Å²) in [6, 6.07) is 0. The van der Waals surface area contributed by atoms with Gasteiger partial charge in [-0.3, -0.25) is 19.7 Å². The Bertz CT molecular complexity index is 341. The summed E-state index contributed by atoms with van der Waals surface area (Å²) in [6.07, 6.45) is 0.661. The van der Waals surface area contributed by atoms with Gasteiger partial charge >= 0.3 is 0 Å². The van der Waals surface area contributed by atoms with E-state index >= 15 is 0 Å². The van der Waals surface area contributed by atoms with Crippen LogP contribution in [0.15, 0.2) is 0 Å². The number of nitrogens with zero attached hydrogens (tertiary/aromatic N) is 1. The number of nitrogens with one attached hydrogen (secondary N) is 1. The normalized spacial score (nSPS) is 29.4. The average Bonchev–Trinajstić information content (AvgIpc) is 2.75. The van der Waals surface area contributed by atoms with Gasteiger partial charge in [0, 0.05) is 6.54 Å². The Labute approximate surface area is 98.3 Å². The first-order valence-electron chi connectivity index (χ1n) is 5.57. The molecule has 2 unspecified atom stereocenters. The van der Waals surface area contributed by atoms with Crippen molar-refractivity contribution in [2.24, 2.45) is 5.73 Å². The zero-order valence-corrected chi connectivity index (χ0v) is 9.35. The molecule has 0 saturated carbocycles. The molecule has 2 rings (SSSR count). The maximum Gasteiger partial charge on any atom is 0.252 e. The first kappa shape index (κ1) is 12.0. The van der Waals surface area contributed by atoms with E-state index in [9.17, 15) is 14.4 Å². The van der Waals surface area contributed by atoms with Gasteiger partial charge in [0.15, 0.2) is 0 Å². The van der Waals surface area contributed by atoms with E-state index in [-0.39, 0.29) is 25.1 Å². The Morgan fingerprint density at radius 3 is 2.53 bits per heavy atom. The molecule has 0 aromatic carbocycles. The highest BCUT2D eigenvalue weighted by Crippen LogP contribution is 2.20. The monoisotopic (exact) mass is 241 g/mol. The summed E-state index contributed by atoms with van der Waals surface area (Å²) in [4.78, 5) is 35.5. The van der Waals surface area contributed by atoms with Gasteiger partial charge in [0.25, 0.3) is 5.91 Å². The number of piperazine rings is 1. The predicted molar refractivity (Wildman–Crippen MR) is 56.7 cm³/mol. The van der Waals surface area contributed by atoms with Crippen LogP contribution in [0.2, 0.25) is 0 Å². The molecule has 0 radical (unpaired) electrons. The van der Waals surface area contributed by atoms with Gasteiger partial charge in [-0.15, -0.1) is 0 Å². The Balaban J connectivity index is 1.95. The van der Waals surface area contributed by atoms with E-state index in [0.717, 1.165) is 6.42 Å². The van der Waals surface area contributed by atoms with Crippen LogP contribution < -0.4 is 11.1 Å². The van der Waals surface area contributed by atoms with Gasteiger partial charge in [0.1, 0.15) is 19.2 Å². The molecule has 2 heterocycles. The lowest BCUT2D eigenvalue weighted by Crippen LogP contribution is -2.55. The summed E-state index contributed by atoms with van der Waals surface area (Å²) in [5.41, 5.74) is 5.45. The number of rotatable bonds is 2. The quantitative estimate of drug-likeness (QED) is 0.543. The molecule has 2 saturated heterocycles. The lowest BCUT2D eigenvalue weighted by molar-refractivity contribution is -0.151. The molecule has 2 aliphatic heterocycles. The van der Waals surface area contributed by atoms with Crippen molar-refractivity contribution >= 4 is 17.7 Å². The van der Waals surface area contributed by atoms with Crippen molar-refractivity contribution in [3.8, 4) is 0 Å². The highest BCUT2D eigenvalue weighted by atomic mass is 16.5. The molecular formula is C10H15N3O4. The van der Waals surface area contributed by atoms with E-state index < -0.39 is 17.9 Å². The Kier molecular flexibility index (Phi) is 3.39. The van der Waals surface area contributed by atoms with Gasteiger partial charge < -0.3 is 15.4 Å². The molecule has 0 spiro atoms. The molecule has 0 aromatic heterocycles. The van der Waals surface area contributed by atoms with Crippen molar-refractivity contribution in [3.05, 3.63) is 0 Å². The number of imide groups is 1. The van der Waals surface area contributed by atoms with Crippen LogP contribution in [0, 0.1) is 0 Å². The van der Waals surface area contributed by atoms with Crippen LogP contribution in [0.1, 0.15) is 12.8 Å². The van der Waals surface area contributed by atoms with Crippen molar-refractivity contribution in [2.45, 2.75) is 25.0 Å². The molecule has 2 atom stereocenters. The fraction of sp³-hybridized carbons (Fsp3) is 0.700. The maximum absolute atomic E-state index is 12.0. The number of carbonyl (C=O) groups is 3. The summed E-state index contributed by atoms with van der Waals surface area (Å²) in [6.45, 7) is 0.207. The molecule has 2 fully saturated rings. The van der Waals surface area contributed by atoms with Crippen LogP contribution in [-0.2, 0) is 19.1 Å². The zero-order chi connectivity index (χ0) is 12.4. The van der Waals surface area contributed by atoms with E-state index in [0.29, 0.717) is 13.0 Å². The second kappa shape index (κ2) is 4.80. The number of carbonyl (C=O) groups excluding carboxylic acids is 3. The molecule has 3 amide bonds. The number of hydrogen-bond acceptors (Lipinski definition) is 5. The van der Waals surface area contributed by atoms with E-state index in [4.69, 9.17) is 10.5 Å². The SMILES string of the molecule is NCC1CCC(C(=O)N2CC(=O)NC(=O)C2)O1. The largest absolute Gasteiger partial charge is 0.364 e. The van der Waals surface area contributed by atoms with Gasteiger partial charge in [-0.05, 0) is 12.8 Å². The smallest absolute Gasteiger partial charge is 0.252 e. The minimum Gasteiger partial charge on any atom is -0.364 e. The van der Waals surface area contributed by atoms with Crippen LogP contribution in [0.4, 0.5) is 0 Å². The van der Waals surface area contributed by atoms with E-state index in [1.165, 1.54) is 4.90 Å². The molecular weight excluding hydrogens is 226 g/mol. The molecule has 17 heavy (non-hydrogen) atoms. The molecule has 3 N–H and O–H groups in total. The molecule has 2 aliphatic rings. The van der Waals surface area contributed by atoms with Gasteiger partial charge in [0.2, 0.25) is 11.8 Å². The predicted octanol–water partition coefficient (Wildman–Crippen LogP) is -2.02. The van der Waals surface area contributed by atoms with E-state index in [2.05, 4.69) is 5.32 Å². The van der Waals surface area contributed by atoms with Gasteiger partial charge in [0.05, 0.1) is 6.10 Å². The van der Waals surface area contributed by atoms with Crippen molar-refractivity contribution in [1.29, 1.82) is 0 Å². The fourth-order valence-electron chi connectivity index (χ4n) is 2.06. The third-order valence-electron chi connectivity index (χ3n) is 2.91. The minimum atomic E-state index is -0.567. The Morgan fingerprint density at radius 2 is 2.00 bits per heavy atom. The molecule has 0 aliphatic carbocycles. The minimum absolute atomic E-state index is 0.0856. The lowest BCUT2D eigenvalue weighted by Gasteiger charge is -2.27. The van der Waals surface area contributed by atoms with Crippen molar-refractivity contribution in [1.82, 2.24) is 10.2 Å². The van der Waals surface area contributed by atoms with Crippen molar-refractivity contribution in [2.75, 3.05) is 19.6 Å². The summed E-state index contributed by atoms with van der Waals surface area (Å²) in [5.74, 6) is -1.21. The third kappa shape index (κ3) is 2.62. The first-order valence-corrected chi connectivity index (χ1v) is 5.57. The lowest BCUT2D eigenvalue weighted by atomic mass is 10.1.